The lowest BCUT2D eigenvalue weighted by Crippen LogP contribution is -2.15. The van der Waals surface area contributed by atoms with Crippen LogP contribution in [0.15, 0.2) is 35.1 Å². The normalized spacial score (nSPS) is 10.8. The Morgan fingerprint density at radius 1 is 1.50 bits per heavy atom. The number of H-pyrrole nitrogens is 1. The Labute approximate surface area is 163 Å². The third-order valence-corrected chi connectivity index (χ3v) is 4.90. The van der Waals surface area contributed by atoms with Crippen molar-refractivity contribution in [2.45, 2.75) is 6.54 Å². The van der Waals surface area contributed by atoms with Crippen LogP contribution < -0.4 is 5.32 Å². The zero-order valence-corrected chi connectivity index (χ0v) is 16.4. The average Bonchev–Trinajstić information content (AvgIpc) is 3.09. The second kappa shape index (κ2) is 7.19. The van der Waals surface area contributed by atoms with Crippen LogP contribution in [0.3, 0.4) is 0 Å². The molecule has 2 aromatic heterocycles. The van der Waals surface area contributed by atoms with Gasteiger partial charge in [-0.1, -0.05) is 17.7 Å². The number of carbonyl (C=O) groups excluding carboxylic acids is 1. The minimum atomic E-state index is -0.410. The SMILES string of the molecule is O=C(Nc1nn(Cc2c(F)cccc2Cl)cc1Br)c1[nH]ncc1I. The molecule has 0 aliphatic carbocycles. The Morgan fingerprint density at radius 3 is 2.96 bits per heavy atom. The van der Waals surface area contributed by atoms with Gasteiger partial charge in [-0.2, -0.15) is 10.2 Å². The molecule has 24 heavy (non-hydrogen) atoms. The van der Waals surface area contributed by atoms with Gasteiger partial charge in [-0.3, -0.25) is 14.6 Å². The lowest BCUT2D eigenvalue weighted by Gasteiger charge is -2.06. The molecule has 2 heterocycles. The molecule has 0 aliphatic heterocycles. The molecule has 0 unspecified atom stereocenters. The molecule has 124 valence electrons. The van der Waals surface area contributed by atoms with E-state index in [0.29, 0.717) is 30.1 Å². The number of benzene rings is 1. The van der Waals surface area contributed by atoms with E-state index in [-0.39, 0.29) is 12.5 Å². The van der Waals surface area contributed by atoms with Crippen molar-refractivity contribution in [1.29, 1.82) is 0 Å². The van der Waals surface area contributed by atoms with Gasteiger partial charge in [0.25, 0.3) is 5.91 Å². The molecule has 1 amide bonds. The summed E-state index contributed by atoms with van der Waals surface area (Å²) < 4.78 is 16.6. The van der Waals surface area contributed by atoms with Gasteiger partial charge < -0.3 is 5.32 Å². The molecule has 0 bridgehead atoms. The molecule has 0 spiro atoms. The van der Waals surface area contributed by atoms with Crippen molar-refractivity contribution in [3.63, 3.8) is 0 Å². The Kier molecular flexibility index (Phi) is 5.21. The molecule has 1 aromatic carbocycles. The molecule has 10 heteroatoms. The molecule has 0 atom stereocenters. The molecule has 6 nitrogen and oxygen atoms in total. The monoisotopic (exact) mass is 523 g/mol. The number of carbonyl (C=O) groups is 1. The number of amides is 1. The van der Waals surface area contributed by atoms with Crippen molar-refractivity contribution in [2.24, 2.45) is 0 Å². The van der Waals surface area contributed by atoms with E-state index in [4.69, 9.17) is 11.6 Å². The summed E-state index contributed by atoms with van der Waals surface area (Å²) >= 11 is 11.3. The van der Waals surface area contributed by atoms with Gasteiger partial charge in [0, 0.05) is 16.8 Å². The van der Waals surface area contributed by atoms with Gasteiger partial charge in [-0.05, 0) is 50.7 Å². The highest BCUT2D eigenvalue weighted by Gasteiger charge is 2.17. The topological polar surface area (TPSA) is 75.6 Å². The largest absolute Gasteiger partial charge is 0.303 e. The highest BCUT2D eigenvalue weighted by Crippen LogP contribution is 2.24. The first-order valence-electron chi connectivity index (χ1n) is 6.61. The number of hydrogen-bond acceptors (Lipinski definition) is 3. The van der Waals surface area contributed by atoms with Crippen molar-refractivity contribution >= 4 is 61.8 Å². The van der Waals surface area contributed by atoms with Gasteiger partial charge in [0.15, 0.2) is 5.82 Å². The molecule has 0 aliphatic rings. The van der Waals surface area contributed by atoms with Crippen LogP contribution in [-0.2, 0) is 6.54 Å². The summed E-state index contributed by atoms with van der Waals surface area (Å²) in [5.74, 6) is -0.462. The van der Waals surface area contributed by atoms with Crippen molar-refractivity contribution < 1.29 is 9.18 Å². The zero-order chi connectivity index (χ0) is 17.3. The van der Waals surface area contributed by atoms with Crippen LogP contribution in [0.2, 0.25) is 5.02 Å². The fraction of sp³-hybridized carbons (Fsp3) is 0.0714. The lowest BCUT2D eigenvalue weighted by molar-refractivity contribution is 0.102. The van der Waals surface area contributed by atoms with Crippen LogP contribution in [-0.4, -0.2) is 25.9 Å². The van der Waals surface area contributed by atoms with Crippen LogP contribution in [0, 0.1) is 9.39 Å². The van der Waals surface area contributed by atoms with E-state index in [9.17, 15) is 9.18 Å². The van der Waals surface area contributed by atoms with E-state index in [1.807, 2.05) is 22.6 Å². The van der Waals surface area contributed by atoms with Gasteiger partial charge in [0.2, 0.25) is 0 Å². The summed E-state index contributed by atoms with van der Waals surface area (Å²) in [5.41, 5.74) is 0.671. The van der Waals surface area contributed by atoms with Gasteiger partial charge in [-0.25, -0.2) is 4.39 Å². The first-order valence-corrected chi connectivity index (χ1v) is 8.86. The van der Waals surface area contributed by atoms with Crippen LogP contribution in [0.1, 0.15) is 16.1 Å². The molecular formula is C14H9BrClFIN5O. The summed E-state index contributed by atoms with van der Waals surface area (Å²) in [7, 11) is 0. The highest BCUT2D eigenvalue weighted by atomic mass is 127. The van der Waals surface area contributed by atoms with Crippen molar-refractivity contribution in [2.75, 3.05) is 5.32 Å². The second-order valence-electron chi connectivity index (χ2n) is 4.77. The maximum absolute atomic E-state index is 13.9. The number of aromatic amines is 1. The Bertz CT molecular complexity index is 892. The maximum atomic E-state index is 13.9. The number of anilines is 1. The predicted octanol–water partition coefficient (Wildman–Crippen LogP) is 4.07. The minimum absolute atomic E-state index is 0.140. The van der Waals surface area contributed by atoms with E-state index in [1.165, 1.54) is 16.8 Å². The standard InChI is InChI=1S/C14H9BrClFIN5O/c15-8-6-23(5-7-9(16)2-1-3-10(7)17)22-13(8)20-14(24)12-11(18)4-19-21-12/h1-4,6H,5H2,(H,19,21)(H,20,22,24). The zero-order valence-electron chi connectivity index (χ0n) is 11.9. The summed E-state index contributed by atoms with van der Waals surface area (Å²) in [6, 6.07) is 4.49. The number of nitrogens with one attached hydrogen (secondary N) is 2. The van der Waals surface area contributed by atoms with Crippen LogP contribution in [0.5, 0.6) is 0 Å². The molecule has 0 radical (unpaired) electrons. The summed E-state index contributed by atoms with van der Waals surface area (Å²) in [4.78, 5) is 12.2. The fourth-order valence-electron chi connectivity index (χ4n) is 2.01. The first-order chi connectivity index (χ1) is 11.5. The van der Waals surface area contributed by atoms with Crippen LogP contribution in [0.25, 0.3) is 0 Å². The summed E-state index contributed by atoms with van der Waals surface area (Å²) in [5, 5.41) is 13.6. The average molecular weight is 525 g/mol. The van der Waals surface area contributed by atoms with Crippen LogP contribution >= 0.6 is 50.1 Å². The van der Waals surface area contributed by atoms with E-state index in [0.717, 1.165) is 0 Å². The van der Waals surface area contributed by atoms with Crippen molar-refractivity contribution in [1.82, 2.24) is 20.0 Å². The van der Waals surface area contributed by atoms with E-state index >= 15 is 0 Å². The Morgan fingerprint density at radius 2 is 2.29 bits per heavy atom. The Balaban J connectivity index is 1.81. The van der Waals surface area contributed by atoms with Gasteiger partial charge in [0.05, 0.1) is 20.8 Å². The molecule has 0 saturated heterocycles. The van der Waals surface area contributed by atoms with E-state index in [1.54, 1.807) is 18.5 Å². The van der Waals surface area contributed by atoms with Crippen molar-refractivity contribution in [3.05, 3.63) is 60.7 Å². The van der Waals surface area contributed by atoms with Gasteiger partial charge >= 0.3 is 0 Å². The highest BCUT2D eigenvalue weighted by molar-refractivity contribution is 14.1. The molecule has 0 fully saturated rings. The van der Waals surface area contributed by atoms with Crippen molar-refractivity contribution in [3.8, 4) is 0 Å². The molecule has 3 aromatic rings. The molecule has 2 N–H and O–H groups in total. The second-order valence-corrected chi connectivity index (χ2v) is 7.19. The predicted molar refractivity (Wildman–Crippen MR) is 99.7 cm³/mol. The third-order valence-electron chi connectivity index (χ3n) is 3.15. The first kappa shape index (κ1) is 17.4. The fourth-order valence-corrected chi connectivity index (χ4v) is 3.15. The number of aromatic nitrogens is 4. The quantitative estimate of drug-likeness (QED) is 0.506. The number of halogens is 4. The van der Waals surface area contributed by atoms with Gasteiger partial charge in [0.1, 0.15) is 11.5 Å². The summed E-state index contributed by atoms with van der Waals surface area (Å²) in [6.45, 7) is 0.140. The van der Waals surface area contributed by atoms with Crippen LogP contribution in [0.4, 0.5) is 10.2 Å². The van der Waals surface area contributed by atoms with E-state index < -0.39 is 5.82 Å². The maximum Gasteiger partial charge on any atom is 0.276 e. The molecule has 3 rings (SSSR count). The lowest BCUT2D eigenvalue weighted by atomic mass is 10.2. The number of rotatable bonds is 4. The Hall–Kier alpha value is -1.46. The number of nitrogens with zero attached hydrogens (tertiary/aromatic N) is 3. The third kappa shape index (κ3) is 3.62. The number of hydrogen-bond donors (Lipinski definition) is 2. The molecule has 0 saturated carbocycles. The van der Waals surface area contributed by atoms with E-state index in [2.05, 4.69) is 36.5 Å². The minimum Gasteiger partial charge on any atom is -0.303 e. The smallest absolute Gasteiger partial charge is 0.276 e. The molecular weight excluding hydrogens is 515 g/mol. The van der Waals surface area contributed by atoms with Gasteiger partial charge in [-0.15, -0.1) is 0 Å². The summed E-state index contributed by atoms with van der Waals surface area (Å²) in [6.07, 6.45) is 3.18.